The van der Waals surface area contributed by atoms with Crippen LogP contribution in [-0.4, -0.2) is 5.11 Å². The topological polar surface area (TPSA) is 33.4 Å². The summed E-state index contributed by atoms with van der Waals surface area (Å²) in [7, 11) is 0. The van der Waals surface area contributed by atoms with Crippen molar-refractivity contribution >= 4 is 38.9 Å². The maximum atomic E-state index is 10.1. The minimum atomic E-state index is -0.686. The van der Waals surface area contributed by atoms with Gasteiger partial charge >= 0.3 is 0 Å². The quantitative estimate of drug-likeness (QED) is 0.904. The molecule has 15 heavy (non-hydrogen) atoms. The first-order chi connectivity index (χ1) is 7.09. The van der Waals surface area contributed by atoms with Crippen molar-refractivity contribution < 1.29 is 9.52 Å². The van der Waals surface area contributed by atoms with E-state index in [4.69, 9.17) is 16.0 Å². The summed E-state index contributed by atoms with van der Waals surface area (Å²) in [6.07, 6.45) is 0.847. The number of aryl methyl sites for hydroxylation is 1. The molecule has 0 aliphatic rings. The van der Waals surface area contributed by atoms with E-state index in [2.05, 4.69) is 15.9 Å². The standard InChI is InChI=1S/C10H8BrClO2S/c1-5-4-7(15-10(5)12)8(13)6-2-3-14-9(6)11/h2-4,8,13H,1H3. The summed E-state index contributed by atoms with van der Waals surface area (Å²) in [4.78, 5) is 0.819. The Balaban J connectivity index is 2.36. The van der Waals surface area contributed by atoms with Crippen LogP contribution in [0, 0.1) is 6.92 Å². The van der Waals surface area contributed by atoms with E-state index in [0.717, 1.165) is 10.4 Å². The minimum absolute atomic E-state index is 0.553. The fourth-order valence-electron chi connectivity index (χ4n) is 1.27. The van der Waals surface area contributed by atoms with E-state index in [1.54, 1.807) is 6.07 Å². The second-order valence-corrected chi connectivity index (χ2v) is 5.56. The van der Waals surface area contributed by atoms with Gasteiger partial charge in [-0.1, -0.05) is 11.6 Å². The third-order valence-electron chi connectivity index (χ3n) is 2.09. The van der Waals surface area contributed by atoms with Gasteiger partial charge in [-0.25, -0.2) is 0 Å². The van der Waals surface area contributed by atoms with Crippen molar-refractivity contribution in [3.05, 3.63) is 43.4 Å². The summed E-state index contributed by atoms with van der Waals surface area (Å²) >= 11 is 10.6. The number of aliphatic hydroxyl groups is 1. The molecule has 2 aromatic rings. The third kappa shape index (κ3) is 2.13. The van der Waals surface area contributed by atoms with E-state index in [9.17, 15) is 5.11 Å². The van der Waals surface area contributed by atoms with E-state index in [1.165, 1.54) is 17.6 Å². The summed E-state index contributed by atoms with van der Waals surface area (Å²) in [6.45, 7) is 1.92. The lowest BCUT2D eigenvalue weighted by atomic mass is 10.1. The fraction of sp³-hybridized carbons (Fsp3) is 0.200. The second-order valence-electron chi connectivity index (χ2n) is 3.16. The Morgan fingerprint density at radius 3 is 2.80 bits per heavy atom. The lowest BCUT2D eigenvalue weighted by molar-refractivity contribution is 0.221. The molecule has 80 valence electrons. The molecule has 2 rings (SSSR count). The number of halogens is 2. The normalized spacial score (nSPS) is 13.1. The average Bonchev–Trinajstić information content (AvgIpc) is 2.74. The molecule has 2 nitrogen and oxygen atoms in total. The van der Waals surface area contributed by atoms with Crippen molar-refractivity contribution in [1.82, 2.24) is 0 Å². The summed E-state index contributed by atoms with van der Waals surface area (Å²) < 4.78 is 6.34. The Morgan fingerprint density at radius 1 is 1.60 bits per heavy atom. The van der Waals surface area contributed by atoms with Gasteiger partial charge in [0.15, 0.2) is 4.67 Å². The van der Waals surface area contributed by atoms with E-state index < -0.39 is 6.10 Å². The molecule has 0 fully saturated rings. The molecule has 0 aromatic carbocycles. The molecule has 0 amide bonds. The smallest absolute Gasteiger partial charge is 0.175 e. The number of aliphatic hydroxyl groups excluding tert-OH is 1. The van der Waals surface area contributed by atoms with Gasteiger partial charge in [0.25, 0.3) is 0 Å². The van der Waals surface area contributed by atoms with Crippen LogP contribution in [-0.2, 0) is 0 Å². The van der Waals surface area contributed by atoms with Crippen molar-refractivity contribution in [3.8, 4) is 0 Å². The summed E-state index contributed by atoms with van der Waals surface area (Å²) in [5.41, 5.74) is 1.70. The SMILES string of the molecule is Cc1cc(C(O)c2ccoc2Br)sc1Cl. The molecule has 0 bridgehead atoms. The zero-order valence-corrected chi connectivity index (χ0v) is 11.0. The molecule has 0 saturated carbocycles. The van der Waals surface area contributed by atoms with Gasteiger partial charge in [0.1, 0.15) is 6.10 Å². The van der Waals surface area contributed by atoms with Crippen LogP contribution in [0.3, 0.4) is 0 Å². The first kappa shape index (κ1) is 11.2. The molecule has 0 aliphatic heterocycles. The summed E-state index contributed by atoms with van der Waals surface area (Å²) in [6, 6.07) is 3.62. The van der Waals surface area contributed by atoms with Crippen molar-refractivity contribution in [2.24, 2.45) is 0 Å². The maximum Gasteiger partial charge on any atom is 0.175 e. The second kappa shape index (κ2) is 4.29. The van der Waals surface area contributed by atoms with Crippen LogP contribution in [0.4, 0.5) is 0 Å². The van der Waals surface area contributed by atoms with Crippen molar-refractivity contribution in [3.63, 3.8) is 0 Å². The zero-order valence-electron chi connectivity index (χ0n) is 7.83. The summed E-state index contributed by atoms with van der Waals surface area (Å²) in [5, 5.41) is 10.1. The van der Waals surface area contributed by atoms with Crippen molar-refractivity contribution in [2.75, 3.05) is 0 Å². The summed E-state index contributed by atoms with van der Waals surface area (Å²) in [5.74, 6) is 0. The van der Waals surface area contributed by atoms with E-state index >= 15 is 0 Å². The third-order valence-corrected chi connectivity index (χ3v) is 4.34. The Hall–Kier alpha value is -0.290. The van der Waals surface area contributed by atoms with Gasteiger partial charge in [-0.3, -0.25) is 0 Å². The van der Waals surface area contributed by atoms with Gasteiger partial charge in [0, 0.05) is 10.4 Å². The van der Waals surface area contributed by atoms with Gasteiger partial charge in [-0.2, -0.15) is 0 Å². The highest BCUT2D eigenvalue weighted by Crippen LogP contribution is 2.36. The molecule has 1 unspecified atom stereocenters. The van der Waals surface area contributed by atoms with Gasteiger partial charge < -0.3 is 9.52 Å². The van der Waals surface area contributed by atoms with Crippen molar-refractivity contribution in [2.45, 2.75) is 13.0 Å². The molecule has 1 N–H and O–H groups in total. The Labute approximate surface area is 105 Å². The van der Waals surface area contributed by atoms with E-state index in [0.29, 0.717) is 14.6 Å². The monoisotopic (exact) mass is 306 g/mol. The van der Waals surface area contributed by atoms with Crippen LogP contribution >= 0.6 is 38.9 Å². The lowest BCUT2D eigenvalue weighted by Gasteiger charge is -2.05. The highest BCUT2D eigenvalue weighted by Gasteiger charge is 2.18. The van der Waals surface area contributed by atoms with Crippen LogP contribution in [0.2, 0.25) is 4.34 Å². The Kier molecular flexibility index (Phi) is 3.21. The molecule has 2 heterocycles. The van der Waals surface area contributed by atoms with Gasteiger partial charge in [0.05, 0.1) is 10.6 Å². The molecule has 0 aliphatic carbocycles. The zero-order chi connectivity index (χ0) is 11.0. The van der Waals surface area contributed by atoms with Crippen LogP contribution in [0.15, 0.2) is 27.5 Å². The van der Waals surface area contributed by atoms with Crippen LogP contribution in [0.5, 0.6) is 0 Å². The van der Waals surface area contributed by atoms with Crippen LogP contribution in [0.25, 0.3) is 0 Å². The number of furan rings is 1. The fourth-order valence-corrected chi connectivity index (χ4v) is 2.95. The number of hydrogen-bond donors (Lipinski definition) is 1. The number of thiophene rings is 1. The van der Waals surface area contributed by atoms with E-state index in [-0.39, 0.29) is 0 Å². The minimum Gasteiger partial charge on any atom is -0.457 e. The lowest BCUT2D eigenvalue weighted by Crippen LogP contribution is -1.95. The van der Waals surface area contributed by atoms with E-state index in [1.807, 2.05) is 13.0 Å². The molecule has 0 radical (unpaired) electrons. The average molecular weight is 308 g/mol. The largest absolute Gasteiger partial charge is 0.457 e. The van der Waals surface area contributed by atoms with Gasteiger partial charge in [-0.15, -0.1) is 11.3 Å². The van der Waals surface area contributed by atoms with Crippen molar-refractivity contribution in [1.29, 1.82) is 0 Å². The highest BCUT2D eigenvalue weighted by atomic mass is 79.9. The first-order valence-corrected chi connectivity index (χ1v) is 6.25. The highest BCUT2D eigenvalue weighted by molar-refractivity contribution is 9.10. The molecule has 0 spiro atoms. The van der Waals surface area contributed by atoms with Crippen LogP contribution < -0.4 is 0 Å². The first-order valence-electron chi connectivity index (χ1n) is 4.26. The Bertz CT molecular complexity index is 458. The Morgan fingerprint density at radius 2 is 2.33 bits per heavy atom. The van der Waals surface area contributed by atoms with Crippen LogP contribution in [0.1, 0.15) is 22.1 Å². The maximum absolute atomic E-state index is 10.1. The molecule has 1 atom stereocenters. The predicted molar refractivity (Wildman–Crippen MR) is 64.5 cm³/mol. The van der Waals surface area contributed by atoms with Gasteiger partial charge in [0.2, 0.25) is 0 Å². The van der Waals surface area contributed by atoms with Gasteiger partial charge in [-0.05, 0) is 40.5 Å². The molecule has 0 saturated heterocycles. The molecular weight excluding hydrogens is 300 g/mol. The number of hydrogen-bond acceptors (Lipinski definition) is 3. The molecular formula is C10H8BrClO2S. The number of rotatable bonds is 2. The molecule has 2 aromatic heterocycles. The predicted octanol–water partition coefficient (Wildman–Crippen LogP) is 4.15. The molecule has 5 heteroatoms.